The van der Waals surface area contributed by atoms with Gasteiger partial charge in [-0.2, -0.15) is 0 Å². The minimum atomic E-state index is 0.958. The second kappa shape index (κ2) is 14.7. The van der Waals surface area contributed by atoms with Crippen molar-refractivity contribution in [2.75, 3.05) is 0 Å². The number of rotatable bonds is 10. The van der Waals surface area contributed by atoms with Crippen LogP contribution in [0.5, 0.6) is 0 Å². The lowest BCUT2D eigenvalue weighted by molar-refractivity contribution is 1.33. The summed E-state index contributed by atoms with van der Waals surface area (Å²) in [6.07, 6.45) is 14.0. The summed E-state index contributed by atoms with van der Waals surface area (Å²) < 4.78 is 0. The average Bonchev–Trinajstić information content (AvgIpc) is 3.21. The van der Waals surface area contributed by atoms with Crippen molar-refractivity contribution < 1.29 is 0 Å². The number of pyridine rings is 1. The fourth-order valence-electron chi connectivity index (χ4n) is 7.24. The van der Waals surface area contributed by atoms with Gasteiger partial charge in [0.25, 0.3) is 0 Å². The Morgan fingerprint density at radius 2 is 1.19 bits per heavy atom. The SMILES string of the molecule is C=Cc1c(C(=C)/C(C)=C/C=C\C)cccc1-c1c(C=C)c(C=C)c(-c2ccc(-c3ccc(-c4ccc5ccccc5c4)nc3)cc2)c2ccccc12. The van der Waals surface area contributed by atoms with E-state index in [4.69, 9.17) is 4.98 Å². The van der Waals surface area contributed by atoms with Crippen LogP contribution in [0, 0.1) is 0 Å². The van der Waals surface area contributed by atoms with Crippen molar-refractivity contribution in [3.05, 3.63) is 200 Å². The van der Waals surface area contributed by atoms with Crippen molar-refractivity contribution in [3.8, 4) is 44.6 Å². The molecule has 0 spiro atoms. The zero-order valence-electron chi connectivity index (χ0n) is 29.9. The Morgan fingerprint density at radius 1 is 0.577 bits per heavy atom. The summed E-state index contributed by atoms with van der Waals surface area (Å²) in [7, 11) is 0. The number of hydrogen-bond donors (Lipinski definition) is 0. The molecule has 0 N–H and O–H groups in total. The van der Waals surface area contributed by atoms with E-state index in [9.17, 15) is 0 Å². The topological polar surface area (TPSA) is 12.9 Å². The first-order valence-electron chi connectivity index (χ1n) is 17.6. The number of benzene rings is 6. The van der Waals surface area contributed by atoms with Crippen molar-refractivity contribution in [2.45, 2.75) is 13.8 Å². The van der Waals surface area contributed by atoms with Gasteiger partial charge in [-0.15, -0.1) is 0 Å². The molecule has 0 saturated heterocycles. The summed E-state index contributed by atoms with van der Waals surface area (Å²) in [6, 6.07) is 43.0. The van der Waals surface area contributed by atoms with E-state index in [1.54, 1.807) is 0 Å². The van der Waals surface area contributed by atoms with E-state index in [2.05, 4.69) is 161 Å². The van der Waals surface area contributed by atoms with Crippen molar-refractivity contribution in [1.82, 2.24) is 4.98 Å². The molecule has 1 nitrogen and oxygen atoms in total. The third kappa shape index (κ3) is 6.19. The summed E-state index contributed by atoms with van der Waals surface area (Å²) in [5.41, 5.74) is 14.9. The number of nitrogens with zero attached hydrogens (tertiary/aromatic N) is 1. The van der Waals surface area contributed by atoms with E-state index >= 15 is 0 Å². The minimum absolute atomic E-state index is 0.958. The van der Waals surface area contributed by atoms with Gasteiger partial charge in [0, 0.05) is 17.3 Å². The molecule has 1 heterocycles. The lowest BCUT2D eigenvalue weighted by Crippen LogP contribution is -1.99. The highest BCUT2D eigenvalue weighted by Crippen LogP contribution is 2.45. The molecule has 0 radical (unpaired) electrons. The van der Waals surface area contributed by atoms with E-state index in [1.807, 2.05) is 43.5 Å². The fourth-order valence-corrected chi connectivity index (χ4v) is 7.24. The molecule has 0 bridgehead atoms. The largest absolute Gasteiger partial charge is 0.256 e. The van der Waals surface area contributed by atoms with Crippen molar-refractivity contribution in [1.29, 1.82) is 0 Å². The number of hydrogen-bond acceptors (Lipinski definition) is 1. The maximum atomic E-state index is 4.85. The molecule has 250 valence electrons. The Hall–Kier alpha value is -6.57. The molecule has 0 unspecified atom stereocenters. The lowest BCUT2D eigenvalue weighted by atomic mass is 9.81. The highest BCUT2D eigenvalue weighted by atomic mass is 14.7. The van der Waals surface area contributed by atoms with Gasteiger partial charge in [-0.3, -0.25) is 4.98 Å². The molecule has 0 atom stereocenters. The lowest BCUT2D eigenvalue weighted by Gasteiger charge is -2.22. The quantitative estimate of drug-likeness (QED) is 0.132. The van der Waals surface area contributed by atoms with Crippen LogP contribution < -0.4 is 0 Å². The smallest absolute Gasteiger partial charge is 0.0702 e. The van der Waals surface area contributed by atoms with E-state index in [-0.39, 0.29) is 0 Å². The molecule has 52 heavy (non-hydrogen) atoms. The Kier molecular flexibility index (Phi) is 9.60. The second-order valence-corrected chi connectivity index (χ2v) is 12.9. The van der Waals surface area contributed by atoms with Gasteiger partial charge in [-0.1, -0.05) is 172 Å². The van der Waals surface area contributed by atoms with E-state index < -0.39 is 0 Å². The molecule has 1 aromatic heterocycles. The van der Waals surface area contributed by atoms with Gasteiger partial charge in [0.15, 0.2) is 0 Å². The van der Waals surface area contributed by atoms with Crippen LogP contribution >= 0.6 is 0 Å². The molecule has 0 amide bonds. The van der Waals surface area contributed by atoms with Crippen molar-refractivity contribution >= 4 is 45.3 Å². The van der Waals surface area contributed by atoms with Gasteiger partial charge in [0.2, 0.25) is 0 Å². The van der Waals surface area contributed by atoms with Gasteiger partial charge < -0.3 is 0 Å². The summed E-state index contributed by atoms with van der Waals surface area (Å²) >= 11 is 0. The Balaban J connectivity index is 1.31. The Bertz CT molecular complexity index is 2570. The normalized spacial score (nSPS) is 11.6. The zero-order chi connectivity index (χ0) is 36.2. The Morgan fingerprint density at radius 3 is 1.87 bits per heavy atom. The van der Waals surface area contributed by atoms with Gasteiger partial charge in [0.05, 0.1) is 5.69 Å². The van der Waals surface area contributed by atoms with Crippen LogP contribution in [-0.2, 0) is 0 Å². The summed E-state index contributed by atoms with van der Waals surface area (Å²) in [4.78, 5) is 4.85. The van der Waals surface area contributed by atoms with Crippen LogP contribution in [0.25, 0.3) is 90.0 Å². The summed E-state index contributed by atoms with van der Waals surface area (Å²) in [6.45, 7) is 21.5. The molecular formula is C51H41N. The van der Waals surface area contributed by atoms with Gasteiger partial charge in [0.1, 0.15) is 0 Å². The number of allylic oxidation sites excluding steroid dienone is 5. The van der Waals surface area contributed by atoms with Crippen molar-refractivity contribution in [2.24, 2.45) is 0 Å². The van der Waals surface area contributed by atoms with Crippen LogP contribution in [0.15, 0.2) is 178 Å². The van der Waals surface area contributed by atoms with Gasteiger partial charge in [-0.25, -0.2) is 0 Å². The molecule has 1 heteroatoms. The maximum absolute atomic E-state index is 4.85. The highest BCUT2D eigenvalue weighted by molar-refractivity contribution is 6.13. The molecular weight excluding hydrogens is 627 g/mol. The fraction of sp³-hybridized carbons (Fsp3) is 0.0392. The second-order valence-electron chi connectivity index (χ2n) is 12.9. The van der Waals surface area contributed by atoms with E-state index in [0.717, 1.165) is 88.8 Å². The summed E-state index contributed by atoms with van der Waals surface area (Å²) in [5, 5.41) is 4.73. The Labute approximate surface area is 307 Å². The molecule has 0 saturated carbocycles. The molecule has 0 fully saturated rings. The molecule has 0 aliphatic carbocycles. The third-order valence-electron chi connectivity index (χ3n) is 9.94. The van der Waals surface area contributed by atoms with E-state index in [0.29, 0.717) is 0 Å². The first-order chi connectivity index (χ1) is 25.5. The monoisotopic (exact) mass is 667 g/mol. The molecule has 6 aromatic carbocycles. The van der Waals surface area contributed by atoms with E-state index in [1.165, 1.54) is 10.8 Å². The predicted octanol–water partition coefficient (Wildman–Crippen LogP) is 14.5. The van der Waals surface area contributed by atoms with Crippen LogP contribution in [0.2, 0.25) is 0 Å². The van der Waals surface area contributed by atoms with Crippen LogP contribution in [0.1, 0.15) is 36.1 Å². The summed E-state index contributed by atoms with van der Waals surface area (Å²) in [5.74, 6) is 0. The number of aromatic nitrogens is 1. The maximum Gasteiger partial charge on any atom is 0.0702 e. The first kappa shape index (κ1) is 33.9. The molecule has 0 aliphatic heterocycles. The predicted molar refractivity (Wildman–Crippen MR) is 229 cm³/mol. The third-order valence-corrected chi connectivity index (χ3v) is 9.94. The molecule has 0 aliphatic rings. The standard InChI is InChI=1S/C51H41N/c1-7-11-17-34(5)35(6)45-22-16-23-46(42(45)8-2)51-44(10-4)43(9-3)50(47-20-14-15-21-48(47)51)38-27-24-37(25-28-38)41-30-31-49(52-33-41)40-29-26-36-18-12-13-19-39(36)32-40/h7-33H,2-4,6H2,1,5H3/b11-7-,34-17+. The molecule has 7 rings (SSSR count). The van der Waals surface area contributed by atoms with Crippen LogP contribution in [0.3, 0.4) is 0 Å². The minimum Gasteiger partial charge on any atom is -0.256 e. The first-order valence-corrected chi connectivity index (χ1v) is 17.6. The van der Waals surface area contributed by atoms with Crippen LogP contribution in [0.4, 0.5) is 0 Å². The molecule has 7 aromatic rings. The van der Waals surface area contributed by atoms with Gasteiger partial charge in [-0.05, 0) is 109 Å². The number of fused-ring (bicyclic) bond motifs is 2. The van der Waals surface area contributed by atoms with Gasteiger partial charge >= 0.3 is 0 Å². The highest BCUT2D eigenvalue weighted by Gasteiger charge is 2.21. The van der Waals surface area contributed by atoms with Crippen molar-refractivity contribution in [3.63, 3.8) is 0 Å². The zero-order valence-corrected chi connectivity index (χ0v) is 29.9. The average molecular weight is 668 g/mol. The van der Waals surface area contributed by atoms with Crippen LogP contribution in [-0.4, -0.2) is 4.98 Å².